The van der Waals surface area contributed by atoms with Gasteiger partial charge in [-0.3, -0.25) is 0 Å². The Labute approximate surface area is 189 Å². The second kappa shape index (κ2) is 10.7. The van der Waals surface area contributed by atoms with E-state index in [4.69, 9.17) is 21.3 Å². The van der Waals surface area contributed by atoms with Gasteiger partial charge in [-0.05, 0) is 25.1 Å². The van der Waals surface area contributed by atoms with Crippen molar-refractivity contribution in [1.29, 1.82) is 0 Å². The maximum absolute atomic E-state index is 6.39. The number of para-hydroxylation sites is 1. The van der Waals surface area contributed by atoms with Gasteiger partial charge in [-0.15, -0.1) is 0 Å². The Hall–Kier alpha value is -2.51. The van der Waals surface area contributed by atoms with Crippen molar-refractivity contribution < 1.29 is 4.74 Å². The average Bonchev–Trinajstić information content (AvgIpc) is 2.83. The largest absolute Gasteiger partial charge is 0.378 e. The molecule has 0 radical (unpaired) electrons. The van der Waals surface area contributed by atoms with Gasteiger partial charge in [-0.25, -0.2) is 9.98 Å². The summed E-state index contributed by atoms with van der Waals surface area (Å²) >= 11 is 6.39. The molecule has 1 aromatic heterocycles. The Bertz CT molecular complexity index is 878. The molecular formula is C23H31ClN6O. The van der Waals surface area contributed by atoms with Crippen molar-refractivity contribution in [3.63, 3.8) is 0 Å². The number of hydrogen-bond acceptors (Lipinski definition) is 5. The normalized spacial score (nSPS) is 17.7. The van der Waals surface area contributed by atoms with E-state index in [1.165, 1.54) is 0 Å². The minimum atomic E-state index is 0.605. The number of aromatic nitrogens is 1. The number of pyridine rings is 1. The molecule has 1 aromatic carbocycles. The molecule has 2 fully saturated rings. The van der Waals surface area contributed by atoms with Gasteiger partial charge >= 0.3 is 0 Å². The van der Waals surface area contributed by atoms with Crippen LogP contribution in [-0.2, 0) is 11.3 Å². The van der Waals surface area contributed by atoms with E-state index >= 15 is 0 Å². The predicted molar refractivity (Wildman–Crippen MR) is 127 cm³/mol. The molecule has 0 aliphatic carbocycles. The Balaban J connectivity index is 1.43. The Morgan fingerprint density at radius 3 is 2.55 bits per heavy atom. The summed E-state index contributed by atoms with van der Waals surface area (Å²) in [6, 6.07) is 12.2. The number of rotatable bonds is 5. The summed E-state index contributed by atoms with van der Waals surface area (Å²) in [6.07, 6.45) is 1.86. The number of nitrogens with one attached hydrogen (secondary N) is 1. The zero-order valence-electron chi connectivity index (χ0n) is 18.1. The molecule has 7 nitrogen and oxygen atoms in total. The van der Waals surface area contributed by atoms with Gasteiger partial charge in [0, 0.05) is 57.6 Å². The molecular weight excluding hydrogens is 412 g/mol. The van der Waals surface area contributed by atoms with E-state index < -0.39 is 0 Å². The first-order valence-corrected chi connectivity index (χ1v) is 11.4. The van der Waals surface area contributed by atoms with Crippen molar-refractivity contribution in [2.75, 3.05) is 68.8 Å². The van der Waals surface area contributed by atoms with Crippen LogP contribution in [0.5, 0.6) is 0 Å². The van der Waals surface area contributed by atoms with Crippen LogP contribution in [0.4, 0.5) is 11.5 Å². The SMILES string of the molecule is CCNC(=NCc1cccnc1N1CCOCC1)N1CCN(c2ccccc2Cl)CC1. The Morgan fingerprint density at radius 1 is 1.03 bits per heavy atom. The number of halogens is 1. The highest BCUT2D eigenvalue weighted by Gasteiger charge is 2.21. The predicted octanol–water partition coefficient (Wildman–Crippen LogP) is 2.86. The van der Waals surface area contributed by atoms with E-state index in [1.807, 2.05) is 30.5 Å². The first-order valence-electron chi connectivity index (χ1n) is 11.1. The van der Waals surface area contributed by atoms with Crippen molar-refractivity contribution in [3.8, 4) is 0 Å². The number of piperazine rings is 1. The number of anilines is 2. The molecule has 0 atom stereocenters. The quantitative estimate of drug-likeness (QED) is 0.567. The van der Waals surface area contributed by atoms with E-state index in [1.54, 1.807) is 0 Å². The number of benzene rings is 1. The fourth-order valence-electron chi connectivity index (χ4n) is 4.07. The maximum Gasteiger partial charge on any atom is 0.194 e. The van der Waals surface area contributed by atoms with Crippen LogP contribution in [0, 0.1) is 0 Å². The lowest BCUT2D eigenvalue weighted by molar-refractivity contribution is 0.122. The van der Waals surface area contributed by atoms with Crippen molar-refractivity contribution in [2.24, 2.45) is 4.99 Å². The molecule has 0 unspecified atom stereocenters. The van der Waals surface area contributed by atoms with E-state index in [0.29, 0.717) is 6.54 Å². The minimum absolute atomic E-state index is 0.605. The van der Waals surface area contributed by atoms with Crippen LogP contribution in [-0.4, -0.2) is 74.9 Å². The summed E-state index contributed by atoms with van der Waals surface area (Å²) in [7, 11) is 0. The molecule has 0 spiro atoms. The summed E-state index contributed by atoms with van der Waals surface area (Å²) in [4.78, 5) is 16.6. The third-order valence-electron chi connectivity index (χ3n) is 5.68. The highest BCUT2D eigenvalue weighted by molar-refractivity contribution is 6.33. The maximum atomic E-state index is 6.39. The highest BCUT2D eigenvalue weighted by Crippen LogP contribution is 2.26. The zero-order chi connectivity index (χ0) is 21.5. The first-order chi connectivity index (χ1) is 15.3. The number of nitrogens with zero attached hydrogens (tertiary/aromatic N) is 5. The van der Waals surface area contributed by atoms with Gasteiger partial charge < -0.3 is 24.8 Å². The standard InChI is InChI=1S/C23H31ClN6O/c1-2-25-23(30-12-10-28(11-13-30)21-8-4-3-7-20(21)24)27-18-19-6-5-9-26-22(19)29-14-16-31-17-15-29/h3-9H,2,10-18H2,1H3,(H,25,27). The van der Waals surface area contributed by atoms with Crippen LogP contribution in [0.3, 0.4) is 0 Å². The second-order valence-corrected chi connectivity index (χ2v) is 8.09. The first kappa shape index (κ1) is 21.7. The smallest absolute Gasteiger partial charge is 0.194 e. The lowest BCUT2D eigenvalue weighted by Gasteiger charge is -2.38. The third-order valence-corrected chi connectivity index (χ3v) is 6.00. The van der Waals surface area contributed by atoms with Crippen LogP contribution < -0.4 is 15.1 Å². The van der Waals surface area contributed by atoms with Gasteiger partial charge in [0.2, 0.25) is 0 Å². The fourth-order valence-corrected chi connectivity index (χ4v) is 4.32. The summed E-state index contributed by atoms with van der Waals surface area (Å²) in [5.41, 5.74) is 2.26. The number of aliphatic imine (C=N–C) groups is 1. The second-order valence-electron chi connectivity index (χ2n) is 7.68. The minimum Gasteiger partial charge on any atom is -0.378 e. The monoisotopic (exact) mass is 442 g/mol. The van der Waals surface area contributed by atoms with Gasteiger partial charge in [0.05, 0.1) is 30.5 Å². The summed E-state index contributed by atoms with van der Waals surface area (Å²) in [6.45, 7) is 10.4. The highest BCUT2D eigenvalue weighted by atomic mass is 35.5. The van der Waals surface area contributed by atoms with Crippen LogP contribution in [0.1, 0.15) is 12.5 Å². The molecule has 2 aliphatic heterocycles. The fraction of sp³-hybridized carbons (Fsp3) is 0.478. The van der Waals surface area contributed by atoms with E-state index in [0.717, 1.165) is 87.1 Å². The molecule has 2 aromatic rings. The number of hydrogen-bond donors (Lipinski definition) is 1. The van der Waals surface area contributed by atoms with Crippen molar-refractivity contribution in [3.05, 3.63) is 53.2 Å². The van der Waals surface area contributed by atoms with Crippen LogP contribution in [0.25, 0.3) is 0 Å². The molecule has 0 saturated carbocycles. The summed E-state index contributed by atoms with van der Waals surface area (Å²) in [5.74, 6) is 1.98. The van der Waals surface area contributed by atoms with Crippen LogP contribution in [0.15, 0.2) is 47.6 Å². The van der Waals surface area contributed by atoms with E-state index in [2.05, 4.69) is 44.1 Å². The number of ether oxygens (including phenoxy) is 1. The molecule has 3 heterocycles. The molecule has 8 heteroatoms. The molecule has 4 rings (SSSR count). The van der Waals surface area contributed by atoms with Crippen molar-refractivity contribution in [2.45, 2.75) is 13.5 Å². The molecule has 166 valence electrons. The molecule has 2 saturated heterocycles. The molecule has 0 amide bonds. The van der Waals surface area contributed by atoms with Crippen LogP contribution in [0.2, 0.25) is 5.02 Å². The third kappa shape index (κ3) is 5.40. The Kier molecular flexibility index (Phi) is 7.48. The van der Waals surface area contributed by atoms with Crippen molar-refractivity contribution >= 4 is 29.1 Å². The summed E-state index contributed by atoms with van der Waals surface area (Å²) < 4.78 is 5.49. The molecule has 2 aliphatic rings. The van der Waals surface area contributed by atoms with Gasteiger partial charge in [-0.2, -0.15) is 0 Å². The lowest BCUT2D eigenvalue weighted by atomic mass is 10.2. The zero-order valence-corrected chi connectivity index (χ0v) is 18.9. The van der Waals surface area contributed by atoms with Crippen LogP contribution >= 0.6 is 11.6 Å². The van der Waals surface area contributed by atoms with Gasteiger partial charge in [0.25, 0.3) is 0 Å². The Morgan fingerprint density at radius 2 is 1.81 bits per heavy atom. The van der Waals surface area contributed by atoms with Crippen molar-refractivity contribution in [1.82, 2.24) is 15.2 Å². The number of morpholine rings is 1. The molecule has 1 N–H and O–H groups in total. The topological polar surface area (TPSA) is 56.2 Å². The average molecular weight is 443 g/mol. The van der Waals surface area contributed by atoms with E-state index in [-0.39, 0.29) is 0 Å². The molecule has 0 bridgehead atoms. The van der Waals surface area contributed by atoms with E-state index in [9.17, 15) is 0 Å². The summed E-state index contributed by atoms with van der Waals surface area (Å²) in [5, 5.41) is 4.27. The van der Waals surface area contributed by atoms with Gasteiger partial charge in [0.1, 0.15) is 5.82 Å². The van der Waals surface area contributed by atoms with Gasteiger partial charge in [-0.1, -0.05) is 29.8 Å². The van der Waals surface area contributed by atoms with Gasteiger partial charge in [0.15, 0.2) is 5.96 Å². The molecule has 31 heavy (non-hydrogen) atoms. The number of guanidine groups is 1. The lowest BCUT2D eigenvalue weighted by Crippen LogP contribution is -2.52.